The van der Waals surface area contributed by atoms with Gasteiger partial charge in [-0.3, -0.25) is 9.48 Å². The minimum absolute atomic E-state index is 0.0952. The molecule has 0 radical (unpaired) electrons. The molecule has 0 spiro atoms. The summed E-state index contributed by atoms with van der Waals surface area (Å²) in [5.41, 5.74) is 1.21. The standard InChI is InChI=1S/C15H22N4OS/c1-3-4-6-18(9-14-5-7-21-10-14)15(20)13(2)8-19-12-16-11-17-19/h5,7,10-13H,3-4,6,8-9H2,1-2H3. The predicted molar refractivity (Wildman–Crippen MR) is 83.8 cm³/mol. The first kappa shape index (κ1) is 15.7. The lowest BCUT2D eigenvalue weighted by atomic mass is 10.1. The Morgan fingerprint density at radius 3 is 3.00 bits per heavy atom. The fourth-order valence-electron chi connectivity index (χ4n) is 2.22. The van der Waals surface area contributed by atoms with E-state index in [0.29, 0.717) is 13.1 Å². The third-order valence-corrected chi connectivity index (χ3v) is 4.13. The molecule has 1 unspecified atom stereocenters. The van der Waals surface area contributed by atoms with E-state index in [9.17, 15) is 4.79 Å². The molecular weight excluding hydrogens is 284 g/mol. The van der Waals surface area contributed by atoms with Gasteiger partial charge in [0, 0.05) is 13.1 Å². The molecule has 0 N–H and O–H groups in total. The van der Waals surface area contributed by atoms with Gasteiger partial charge in [-0.1, -0.05) is 20.3 Å². The maximum atomic E-state index is 12.7. The van der Waals surface area contributed by atoms with Crippen LogP contribution in [0.5, 0.6) is 0 Å². The molecule has 0 aliphatic rings. The molecule has 21 heavy (non-hydrogen) atoms. The summed E-state index contributed by atoms with van der Waals surface area (Å²) in [6.07, 6.45) is 5.27. The number of amides is 1. The van der Waals surface area contributed by atoms with Crippen molar-refractivity contribution in [1.29, 1.82) is 0 Å². The fraction of sp³-hybridized carbons (Fsp3) is 0.533. The Hall–Kier alpha value is -1.69. The number of carbonyl (C=O) groups is 1. The zero-order valence-electron chi connectivity index (χ0n) is 12.6. The number of nitrogens with zero attached hydrogens (tertiary/aromatic N) is 4. The molecular formula is C15H22N4OS. The van der Waals surface area contributed by atoms with Crippen molar-refractivity contribution in [2.24, 2.45) is 5.92 Å². The molecule has 0 aliphatic heterocycles. The number of hydrogen-bond acceptors (Lipinski definition) is 4. The third kappa shape index (κ3) is 4.67. The van der Waals surface area contributed by atoms with Gasteiger partial charge in [-0.2, -0.15) is 16.4 Å². The maximum Gasteiger partial charge on any atom is 0.227 e. The minimum Gasteiger partial charge on any atom is -0.338 e. The Balaban J connectivity index is 1.98. The van der Waals surface area contributed by atoms with Crippen molar-refractivity contribution in [3.63, 3.8) is 0 Å². The van der Waals surface area contributed by atoms with Gasteiger partial charge in [0.05, 0.1) is 12.5 Å². The molecule has 2 aromatic heterocycles. The van der Waals surface area contributed by atoms with Gasteiger partial charge in [-0.25, -0.2) is 4.98 Å². The van der Waals surface area contributed by atoms with Crippen LogP contribution in [0.2, 0.25) is 0 Å². The van der Waals surface area contributed by atoms with Crippen LogP contribution in [-0.4, -0.2) is 32.1 Å². The largest absolute Gasteiger partial charge is 0.338 e. The molecule has 0 bridgehead atoms. The first-order valence-corrected chi connectivity index (χ1v) is 8.27. The molecule has 2 aromatic rings. The Kier molecular flexibility index (Phi) is 5.92. The van der Waals surface area contributed by atoms with Crippen molar-refractivity contribution in [3.05, 3.63) is 35.0 Å². The summed E-state index contributed by atoms with van der Waals surface area (Å²) >= 11 is 1.67. The number of aromatic nitrogens is 3. The van der Waals surface area contributed by atoms with Gasteiger partial charge in [0.2, 0.25) is 5.91 Å². The van der Waals surface area contributed by atoms with Crippen molar-refractivity contribution in [2.75, 3.05) is 6.54 Å². The summed E-state index contributed by atoms with van der Waals surface area (Å²) in [5.74, 6) is 0.0901. The van der Waals surface area contributed by atoms with E-state index in [2.05, 4.69) is 33.8 Å². The number of thiophene rings is 1. The summed E-state index contributed by atoms with van der Waals surface area (Å²) in [4.78, 5) is 18.6. The van der Waals surface area contributed by atoms with E-state index in [0.717, 1.165) is 19.4 Å². The molecule has 5 nitrogen and oxygen atoms in total. The van der Waals surface area contributed by atoms with Gasteiger partial charge in [0.25, 0.3) is 0 Å². The second-order valence-electron chi connectivity index (χ2n) is 5.26. The van der Waals surface area contributed by atoms with Crippen LogP contribution >= 0.6 is 11.3 Å². The minimum atomic E-state index is -0.0952. The van der Waals surface area contributed by atoms with Crippen LogP contribution in [0.15, 0.2) is 29.5 Å². The molecule has 0 fully saturated rings. The Labute approximate surface area is 129 Å². The summed E-state index contributed by atoms with van der Waals surface area (Å²) in [5, 5.41) is 8.23. The van der Waals surface area contributed by atoms with E-state index in [4.69, 9.17) is 0 Å². The highest BCUT2D eigenvalue weighted by Crippen LogP contribution is 2.14. The second-order valence-corrected chi connectivity index (χ2v) is 6.04. The van der Waals surface area contributed by atoms with Crippen LogP contribution in [-0.2, 0) is 17.9 Å². The van der Waals surface area contributed by atoms with E-state index in [1.165, 1.54) is 11.9 Å². The Morgan fingerprint density at radius 2 is 2.38 bits per heavy atom. The molecule has 0 aromatic carbocycles. The van der Waals surface area contributed by atoms with Crippen molar-refractivity contribution >= 4 is 17.2 Å². The molecule has 2 rings (SSSR count). The molecule has 6 heteroatoms. The van der Waals surface area contributed by atoms with E-state index in [1.807, 2.05) is 11.8 Å². The van der Waals surface area contributed by atoms with Crippen molar-refractivity contribution in [3.8, 4) is 0 Å². The van der Waals surface area contributed by atoms with Crippen LogP contribution in [0.1, 0.15) is 32.3 Å². The summed E-state index contributed by atoms with van der Waals surface area (Å²) in [6, 6.07) is 2.08. The van der Waals surface area contributed by atoms with Crippen LogP contribution < -0.4 is 0 Å². The third-order valence-electron chi connectivity index (χ3n) is 3.40. The van der Waals surface area contributed by atoms with Gasteiger partial charge < -0.3 is 4.90 Å². The lowest BCUT2D eigenvalue weighted by Crippen LogP contribution is -2.37. The van der Waals surface area contributed by atoms with Crippen LogP contribution in [0.4, 0.5) is 0 Å². The van der Waals surface area contributed by atoms with E-state index in [-0.39, 0.29) is 11.8 Å². The molecule has 0 saturated carbocycles. The van der Waals surface area contributed by atoms with Crippen LogP contribution in [0.3, 0.4) is 0 Å². The van der Waals surface area contributed by atoms with Gasteiger partial charge in [-0.15, -0.1) is 0 Å². The molecule has 0 saturated heterocycles. The lowest BCUT2D eigenvalue weighted by Gasteiger charge is -2.25. The highest BCUT2D eigenvalue weighted by Gasteiger charge is 2.21. The first-order valence-electron chi connectivity index (χ1n) is 7.33. The normalized spacial score (nSPS) is 12.3. The summed E-state index contributed by atoms with van der Waals surface area (Å²) < 4.78 is 1.71. The second kappa shape index (κ2) is 7.93. The number of hydrogen-bond donors (Lipinski definition) is 0. The quantitative estimate of drug-likeness (QED) is 0.753. The SMILES string of the molecule is CCCCN(Cc1ccsc1)C(=O)C(C)Cn1cncn1. The van der Waals surface area contributed by atoms with Gasteiger partial charge in [0.15, 0.2) is 0 Å². The van der Waals surface area contributed by atoms with E-state index < -0.39 is 0 Å². The molecule has 0 aliphatic carbocycles. The van der Waals surface area contributed by atoms with E-state index in [1.54, 1.807) is 22.3 Å². The summed E-state index contributed by atoms with van der Waals surface area (Å²) in [7, 11) is 0. The molecule has 114 valence electrons. The molecule has 1 amide bonds. The Bertz CT molecular complexity index is 524. The van der Waals surface area contributed by atoms with Crippen LogP contribution in [0, 0.1) is 5.92 Å². The Morgan fingerprint density at radius 1 is 1.52 bits per heavy atom. The van der Waals surface area contributed by atoms with Crippen molar-refractivity contribution in [1.82, 2.24) is 19.7 Å². The average Bonchev–Trinajstić information content (AvgIpc) is 3.16. The lowest BCUT2D eigenvalue weighted by molar-refractivity contribution is -0.136. The first-order chi connectivity index (χ1) is 10.2. The van der Waals surface area contributed by atoms with Gasteiger partial charge in [-0.05, 0) is 28.8 Å². The number of rotatable bonds is 8. The predicted octanol–water partition coefficient (Wildman–Crippen LogP) is 2.80. The average molecular weight is 306 g/mol. The molecule has 1 atom stereocenters. The highest BCUT2D eigenvalue weighted by atomic mass is 32.1. The van der Waals surface area contributed by atoms with Gasteiger partial charge in [0.1, 0.15) is 12.7 Å². The molecule has 2 heterocycles. The van der Waals surface area contributed by atoms with E-state index >= 15 is 0 Å². The summed E-state index contributed by atoms with van der Waals surface area (Å²) in [6.45, 7) is 6.19. The maximum absolute atomic E-state index is 12.7. The fourth-order valence-corrected chi connectivity index (χ4v) is 2.88. The monoisotopic (exact) mass is 306 g/mol. The topological polar surface area (TPSA) is 51.0 Å². The van der Waals surface area contributed by atoms with Crippen molar-refractivity contribution in [2.45, 2.75) is 39.8 Å². The van der Waals surface area contributed by atoms with Crippen LogP contribution in [0.25, 0.3) is 0 Å². The smallest absolute Gasteiger partial charge is 0.227 e. The number of unbranched alkanes of at least 4 members (excludes halogenated alkanes) is 1. The number of carbonyl (C=O) groups excluding carboxylic acids is 1. The zero-order chi connectivity index (χ0) is 15.1. The highest BCUT2D eigenvalue weighted by molar-refractivity contribution is 7.07. The van der Waals surface area contributed by atoms with Gasteiger partial charge >= 0.3 is 0 Å². The zero-order valence-corrected chi connectivity index (χ0v) is 13.4. The van der Waals surface area contributed by atoms with Crippen molar-refractivity contribution < 1.29 is 4.79 Å².